The number of aryl methyl sites for hydroxylation is 1. The summed E-state index contributed by atoms with van der Waals surface area (Å²) < 4.78 is 0. The Morgan fingerprint density at radius 3 is 2.78 bits per heavy atom. The number of hydrogen-bond acceptors (Lipinski definition) is 3. The summed E-state index contributed by atoms with van der Waals surface area (Å²) >= 11 is 0. The van der Waals surface area contributed by atoms with Crippen molar-refractivity contribution in [3.05, 3.63) is 29.6 Å². The van der Waals surface area contributed by atoms with E-state index in [0.29, 0.717) is 18.0 Å². The number of aliphatic carboxylic acids is 1. The molecule has 1 aromatic rings. The van der Waals surface area contributed by atoms with E-state index in [1.54, 1.807) is 25.3 Å². The van der Waals surface area contributed by atoms with Crippen LogP contribution in [0.15, 0.2) is 18.3 Å². The van der Waals surface area contributed by atoms with E-state index in [2.05, 4.69) is 4.98 Å². The summed E-state index contributed by atoms with van der Waals surface area (Å²) in [4.78, 5) is 28.5. The number of hydrogen-bond donors (Lipinski definition) is 1. The molecule has 1 fully saturated rings. The fraction of sp³-hybridized carbons (Fsp3) is 0.462. The number of amides is 1. The van der Waals surface area contributed by atoms with Gasteiger partial charge >= 0.3 is 5.97 Å². The molecule has 1 heterocycles. The molecular weight excluding hydrogens is 232 g/mol. The van der Waals surface area contributed by atoms with Gasteiger partial charge in [-0.25, -0.2) is 0 Å². The molecule has 0 aliphatic heterocycles. The van der Waals surface area contributed by atoms with Crippen molar-refractivity contribution >= 4 is 11.9 Å². The molecule has 5 nitrogen and oxygen atoms in total. The average molecular weight is 248 g/mol. The molecule has 0 spiro atoms. The van der Waals surface area contributed by atoms with Crippen molar-refractivity contribution in [2.75, 3.05) is 13.1 Å². The van der Waals surface area contributed by atoms with Gasteiger partial charge in [-0.1, -0.05) is 0 Å². The number of aromatic nitrogens is 1. The standard InChI is InChI=1S/C13H16N2O3/c1-9-6-11(4-5-14-9)13(18)15(8-12(16)17)7-10-2-3-10/h4-6,10H,2-3,7-8H2,1H3,(H,16,17). The van der Waals surface area contributed by atoms with Gasteiger partial charge in [0.1, 0.15) is 6.54 Å². The molecule has 0 unspecified atom stereocenters. The minimum atomic E-state index is -0.977. The highest BCUT2D eigenvalue weighted by Crippen LogP contribution is 2.30. The molecule has 5 heteroatoms. The highest BCUT2D eigenvalue weighted by atomic mass is 16.4. The summed E-state index contributed by atoms with van der Waals surface area (Å²) in [6.45, 7) is 2.10. The Morgan fingerprint density at radius 1 is 1.50 bits per heavy atom. The molecule has 2 rings (SSSR count). The Kier molecular flexibility index (Phi) is 3.60. The normalized spacial score (nSPS) is 14.3. The fourth-order valence-corrected chi connectivity index (χ4v) is 1.86. The lowest BCUT2D eigenvalue weighted by atomic mass is 10.2. The van der Waals surface area contributed by atoms with Crippen LogP contribution >= 0.6 is 0 Å². The lowest BCUT2D eigenvalue weighted by molar-refractivity contribution is -0.137. The van der Waals surface area contributed by atoms with Crippen molar-refractivity contribution in [1.29, 1.82) is 0 Å². The van der Waals surface area contributed by atoms with Crippen molar-refractivity contribution in [1.82, 2.24) is 9.88 Å². The lowest BCUT2D eigenvalue weighted by Gasteiger charge is -2.20. The topological polar surface area (TPSA) is 70.5 Å². The monoisotopic (exact) mass is 248 g/mol. The molecule has 0 aromatic carbocycles. The number of carboxylic acid groups (broad SMARTS) is 1. The highest BCUT2D eigenvalue weighted by molar-refractivity contribution is 5.95. The molecule has 0 atom stereocenters. The molecule has 1 saturated carbocycles. The van der Waals surface area contributed by atoms with Gasteiger partial charge in [0.2, 0.25) is 0 Å². The maximum atomic E-state index is 12.2. The molecule has 1 N–H and O–H groups in total. The van der Waals surface area contributed by atoms with E-state index in [-0.39, 0.29) is 12.5 Å². The maximum Gasteiger partial charge on any atom is 0.323 e. The SMILES string of the molecule is Cc1cc(C(=O)N(CC(=O)O)CC2CC2)ccn1. The largest absolute Gasteiger partial charge is 0.480 e. The average Bonchev–Trinajstić information content (AvgIpc) is 3.10. The van der Waals surface area contributed by atoms with E-state index in [9.17, 15) is 9.59 Å². The predicted molar refractivity (Wildman–Crippen MR) is 65.2 cm³/mol. The zero-order valence-electron chi connectivity index (χ0n) is 10.3. The molecule has 0 radical (unpaired) electrons. The first kappa shape index (κ1) is 12.5. The van der Waals surface area contributed by atoms with Crippen LogP contribution in [0.4, 0.5) is 0 Å². The molecule has 18 heavy (non-hydrogen) atoms. The van der Waals surface area contributed by atoms with Crippen molar-refractivity contribution in [3.8, 4) is 0 Å². The number of rotatable bonds is 5. The van der Waals surface area contributed by atoms with Crippen LogP contribution in [0.5, 0.6) is 0 Å². The van der Waals surface area contributed by atoms with Gasteiger partial charge in [0, 0.05) is 24.0 Å². The lowest BCUT2D eigenvalue weighted by Crippen LogP contribution is -2.37. The third-order valence-electron chi connectivity index (χ3n) is 2.93. The minimum absolute atomic E-state index is 0.227. The van der Waals surface area contributed by atoms with Crippen molar-refractivity contribution in [3.63, 3.8) is 0 Å². The van der Waals surface area contributed by atoms with Crippen LogP contribution in [-0.4, -0.2) is 40.0 Å². The van der Waals surface area contributed by atoms with Gasteiger partial charge in [0.05, 0.1) is 0 Å². The first-order valence-corrected chi connectivity index (χ1v) is 6.00. The molecular formula is C13H16N2O3. The van der Waals surface area contributed by atoms with Crippen LogP contribution in [0.3, 0.4) is 0 Å². The van der Waals surface area contributed by atoms with Crippen molar-refractivity contribution in [2.45, 2.75) is 19.8 Å². The number of carboxylic acids is 1. The van der Waals surface area contributed by atoms with Gasteiger partial charge in [0.25, 0.3) is 5.91 Å². The summed E-state index contributed by atoms with van der Waals surface area (Å²) in [6, 6.07) is 3.31. The zero-order chi connectivity index (χ0) is 13.1. The smallest absolute Gasteiger partial charge is 0.323 e. The first-order chi connectivity index (χ1) is 8.56. The molecule has 1 aromatic heterocycles. The third-order valence-corrected chi connectivity index (χ3v) is 2.93. The van der Waals surface area contributed by atoms with Crippen LogP contribution < -0.4 is 0 Å². The minimum Gasteiger partial charge on any atom is -0.480 e. The number of nitrogens with zero attached hydrogens (tertiary/aromatic N) is 2. The van der Waals surface area contributed by atoms with Gasteiger partial charge in [0.15, 0.2) is 0 Å². The van der Waals surface area contributed by atoms with Crippen LogP contribution in [0.2, 0.25) is 0 Å². The van der Waals surface area contributed by atoms with Crippen LogP contribution in [-0.2, 0) is 4.79 Å². The van der Waals surface area contributed by atoms with E-state index >= 15 is 0 Å². The van der Waals surface area contributed by atoms with Crippen LogP contribution in [0.1, 0.15) is 28.9 Å². The Balaban J connectivity index is 2.12. The molecule has 96 valence electrons. The van der Waals surface area contributed by atoms with E-state index in [1.807, 2.05) is 0 Å². The maximum absolute atomic E-state index is 12.2. The summed E-state index contributed by atoms with van der Waals surface area (Å²) in [5, 5.41) is 8.86. The van der Waals surface area contributed by atoms with Gasteiger partial charge < -0.3 is 10.0 Å². The third kappa shape index (κ3) is 3.29. The Bertz CT molecular complexity index is 469. The zero-order valence-corrected chi connectivity index (χ0v) is 10.3. The fourth-order valence-electron chi connectivity index (χ4n) is 1.86. The molecule has 0 saturated heterocycles. The Morgan fingerprint density at radius 2 is 2.22 bits per heavy atom. The number of carbonyl (C=O) groups excluding carboxylic acids is 1. The van der Waals surface area contributed by atoms with E-state index in [1.165, 1.54) is 4.90 Å². The van der Waals surface area contributed by atoms with Crippen LogP contribution in [0.25, 0.3) is 0 Å². The van der Waals surface area contributed by atoms with Crippen molar-refractivity contribution in [2.24, 2.45) is 5.92 Å². The Labute approximate surface area is 105 Å². The van der Waals surface area contributed by atoms with Crippen LogP contribution in [0, 0.1) is 12.8 Å². The summed E-state index contributed by atoms with van der Waals surface area (Å²) in [6.07, 6.45) is 3.73. The summed E-state index contributed by atoms with van der Waals surface area (Å²) in [7, 11) is 0. The number of pyridine rings is 1. The highest BCUT2D eigenvalue weighted by Gasteiger charge is 2.28. The summed E-state index contributed by atoms with van der Waals surface area (Å²) in [5.41, 5.74) is 1.26. The second kappa shape index (κ2) is 5.16. The Hall–Kier alpha value is -1.91. The second-order valence-electron chi connectivity index (χ2n) is 4.71. The van der Waals surface area contributed by atoms with E-state index in [4.69, 9.17) is 5.11 Å². The molecule has 0 bridgehead atoms. The van der Waals surface area contributed by atoms with Gasteiger partial charge in [-0.15, -0.1) is 0 Å². The second-order valence-corrected chi connectivity index (χ2v) is 4.71. The van der Waals surface area contributed by atoms with Gasteiger partial charge in [-0.3, -0.25) is 14.6 Å². The quantitative estimate of drug-likeness (QED) is 0.853. The van der Waals surface area contributed by atoms with Crippen molar-refractivity contribution < 1.29 is 14.7 Å². The van der Waals surface area contributed by atoms with E-state index in [0.717, 1.165) is 18.5 Å². The van der Waals surface area contributed by atoms with Gasteiger partial charge in [-0.2, -0.15) is 0 Å². The predicted octanol–water partition coefficient (Wildman–Crippen LogP) is 1.33. The van der Waals surface area contributed by atoms with E-state index < -0.39 is 5.97 Å². The number of carbonyl (C=O) groups is 2. The van der Waals surface area contributed by atoms with Gasteiger partial charge in [-0.05, 0) is 37.8 Å². The first-order valence-electron chi connectivity index (χ1n) is 6.00. The molecule has 1 aliphatic carbocycles. The molecule has 1 aliphatic rings. The summed E-state index contributed by atoms with van der Waals surface area (Å²) in [5.74, 6) is -0.735. The molecule has 1 amide bonds.